The van der Waals surface area contributed by atoms with Crippen LogP contribution in [0.15, 0.2) is 29.2 Å². The number of rotatable bonds is 5. The fraction of sp³-hybridized carbons (Fsp3) is 0.333. The maximum atomic E-state index is 11.9. The van der Waals surface area contributed by atoms with Crippen LogP contribution in [-0.4, -0.2) is 31.8 Å². The lowest BCUT2D eigenvalue weighted by Gasteiger charge is -2.05. The van der Waals surface area contributed by atoms with E-state index in [-0.39, 0.29) is 17.6 Å². The normalized spacial score (nSPS) is 18.4. The van der Waals surface area contributed by atoms with Gasteiger partial charge in [-0.1, -0.05) is 5.92 Å². The Morgan fingerprint density at radius 2 is 2.06 bits per heavy atom. The fourth-order valence-electron chi connectivity index (χ4n) is 1.37. The summed E-state index contributed by atoms with van der Waals surface area (Å²) in [5.41, 5.74) is 0. The molecule has 1 saturated heterocycles. The van der Waals surface area contributed by atoms with E-state index in [0.717, 1.165) is 5.75 Å². The average molecular weight is 268 g/mol. The minimum atomic E-state index is -3.15. The highest BCUT2D eigenvalue weighted by Crippen LogP contribution is 2.33. The lowest BCUT2D eigenvalue weighted by atomic mass is 10.3. The first-order chi connectivity index (χ1) is 8.12. The average Bonchev–Trinajstić information content (AvgIpc) is 3.10. The third kappa shape index (κ3) is 3.42. The van der Waals surface area contributed by atoms with Crippen molar-refractivity contribution in [3.05, 3.63) is 24.3 Å². The van der Waals surface area contributed by atoms with E-state index in [4.69, 9.17) is 11.2 Å². The smallest absolute Gasteiger partial charge is 0.179 e. The molecule has 1 fully saturated rings. The monoisotopic (exact) mass is 268 g/mol. The van der Waals surface area contributed by atoms with Crippen molar-refractivity contribution < 1.29 is 13.2 Å². The molecule has 0 saturated carbocycles. The summed E-state index contributed by atoms with van der Waals surface area (Å²) in [7, 11) is -3.15. The van der Waals surface area contributed by atoms with E-state index >= 15 is 0 Å². The molecule has 1 aliphatic heterocycles. The highest BCUT2D eigenvalue weighted by Gasteiger charge is 2.29. The van der Waals surface area contributed by atoms with Gasteiger partial charge in [0, 0.05) is 11.0 Å². The number of hydrogen-bond acceptors (Lipinski definition) is 4. The Morgan fingerprint density at radius 3 is 2.59 bits per heavy atom. The quantitative estimate of drug-likeness (QED) is 0.601. The summed E-state index contributed by atoms with van der Waals surface area (Å²) >= 11 is 1.68. The summed E-state index contributed by atoms with van der Waals surface area (Å²) in [6.07, 6.45) is 5.06. The molecule has 1 aromatic carbocycles. The topological polar surface area (TPSA) is 43.4 Å². The number of thioether (sulfide) groups is 1. The van der Waals surface area contributed by atoms with Gasteiger partial charge in [0.05, 0.1) is 10.6 Å². The molecule has 17 heavy (non-hydrogen) atoms. The first-order valence-electron chi connectivity index (χ1n) is 5.12. The van der Waals surface area contributed by atoms with Gasteiger partial charge in [-0.3, -0.25) is 0 Å². The number of ether oxygens (including phenoxy) is 1. The van der Waals surface area contributed by atoms with Crippen molar-refractivity contribution in [3.63, 3.8) is 0 Å². The van der Waals surface area contributed by atoms with E-state index in [1.54, 1.807) is 36.0 Å². The van der Waals surface area contributed by atoms with Crippen LogP contribution in [0.25, 0.3) is 0 Å². The fourth-order valence-corrected chi connectivity index (χ4v) is 4.05. The van der Waals surface area contributed by atoms with Crippen molar-refractivity contribution in [1.82, 2.24) is 0 Å². The molecule has 3 nitrogen and oxygen atoms in total. The molecule has 0 radical (unpaired) electrons. The number of sulfone groups is 1. The van der Waals surface area contributed by atoms with Crippen LogP contribution in [-0.2, 0) is 9.84 Å². The van der Waals surface area contributed by atoms with Gasteiger partial charge in [-0.15, -0.1) is 6.42 Å². The van der Waals surface area contributed by atoms with Crippen molar-refractivity contribution in [2.45, 2.75) is 10.1 Å². The zero-order chi connectivity index (χ0) is 12.3. The molecule has 5 heteroatoms. The molecule has 0 amide bonds. The van der Waals surface area contributed by atoms with Gasteiger partial charge in [0.1, 0.15) is 12.4 Å². The van der Waals surface area contributed by atoms with Crippen LogP contribution in [0, 0.1) is 12.3 Å². The summed E-state index contributed by atoms with van der Waals surface area (Å²) in [5, 5.41) is 0.275. The lowest BCUT2D eigenvalue weighted by Crippen LogP contribution is -2.10. The van der Waals surface area contributed by atoms with E-state index in [0.29, 0.717) is 10.6 Å². The summed E-state index contributed by atoms with van der Waals surface area (Å²) < 4.78 is 29.0. The molecular formula is C12H12O3S2. The van der Waals surface area contributed by atoms with E-state index in [1.807, 2.05) is 0 Å². The largest absolute Gasteiger partial charge is 0.481 e. The minimum absolute atomic E-state index is 0.185. The van der Waals surface area contributed by atoms with Crippen LogP contribution in [0.4, 0.5) is 0 Å². The van der Waals surface area contributed by atoms with Crippen LogP contribution in [0.2, 0.25) is 0 Å². The molecule has 0 aromatic heterocycles. The van der Waals surface area contributed by atoms with Gasteiger partial charge in [-0.25, -0.2) is 8.42 Å². The minimum Gasteiger partial charge on any atom is -0.481 e. The van der Waals surface area contributed by atoms with Gasteiger partial charge < -0.3 is 4.74 Å². The third-order valence-electron chi connectivity index (χ3n) is 2.31. The second-order valence-corrected chi connectivity index (χ2v) is 7.07. The lowest BCUT2D eigenvalue weighted by molar-refractivity contribution is 0.370. The highest BCUT2D eigenvalue weighted by atomic mass is 32.2. The second-order valence-electron chi connectivity index (χ2n) is 3.70. The molecule has 1 atom stereocenters. The zero-order valence-corrected chi connectivity index (χ0v) is 10.8. The summed E-state index contributed by atoms with van der Waals surface area (Å²) in [6, 6.07) is 6.39. The maximum Gasteiger partial charge on any atom is 0.179 e. The van der Waals surface area contributed by atoms with Crippen molar-refractivity contribution in [1.29, 1.82) is 0 Å². The Labute approximate surface area is 105 Å². The molecule has 0 bridgehead atoms. The predicted octanol–water partition coefficient (Wildman–Crippen LogP) is 1.59. The van der Waals surface area contributed by atoms with Gasteiger partial charge in [-0.05, 0) is 24.3 Å². The standard InChI is InChI=1S/C12H12O3S2/c1-2-7-15-10-3-5-12(6-4-10)17(13,14)9-11-8-16-11/h1,3-6,11H,7-9H2/t11-/m1/s1. The van der Waals surface area contributed by atoms with E-state index < -0.39 is 9.84 Å². The molecule has 1 aliphatic rings. The second kappa shape index (κ2) is 5.03. The SMILES string of the molecule is C#CCOc1ccc(S(=O)(=O)C[C@H]2CS2)cc1. The van der Waals surface area contributed by atoms with Gasteiger partial charge in [0.15, 0.2) is 9.84 Å². The van der Waals surface area contributed by atoms with Crippen LogP contribution in [0.5, 0.6) is 5.75 Å². The van der Waals surface area contributed by atoms with Crippen LogP contribution in [0.1, 0.15) is 0 Å². The molecule has 2 rings (SSSR count). The molecule has 1 aromatic rings. The Balaban J connectivity index is 2.08. The third-order valence-corrected chi connectivity index (χ3v) is 5.33. The first kappa shape index (κ1) is 12.3. The summed E-state index contributed by atoms with van der Waals surface area (Å²) in [5.74, 6) is 4.11. The Morgan fingerprint density at radius 1 is 1.41 bits per heavy atom. The van der Waals surface area contributed by atoms with Crippen LogP contribution >= 0.6 is 11.8 Å². The Bertz CT molecular complexity index is 522. The first-order valence-corrected chi connectivity index (χ1v) is 7.82. The van der Waals surface area contributed by atoms with Gasteiger partial charge in [0.25, 0.3) is 0 Å². The summed E-state index contributed by atoms with van der Waals surface area (Å²) in [4.78, 5) is 0.345. The molecule has 0 N–H and O–H groups in total. The Hall–Kier alpha value is -1.12. The zero-order valence-electron chi connectivity index (χ0n) is 9.13. The molecule has 1 heterocycles. The van der Waals surface area contributed by atoms with Crippen molar-refractivity contribution in [3.8, 4) is 18.1 Å². The van der Waals surface area contributed by atoms with E-state index in [1.165, 1.54) is 0 Å². The van der Waals surface area contributed by atoms with Gasteiger partial charge in [-0.2, -0.15) is 11.8 Å². The van der Waals surface area contributed by atoms with Crippen molar-refractivity contribution in [2.24, 2.45) is 0 Å². The van der Waals surface area contributed by atoms with Gasteiger partial charge in [0.2, 0.25) is 0 Å². The predicted molar refractivity (Wildman–Crippen MR) is 69.1 cm³/mol. The van der Waals surface area contributed by atoms with Crippen LogP contribution in [0.3, 0.4) is 0 Å². The Kier molecular flexibility index (Phi) is 3.65. The van der Waals surface area contributed by atoms with Gasteiger partial charge >= 0.3 is 0 Å². The maximum absolute atomic E-state index is 11.9. The molecule has 0 aliphatic carbocycles. The van der Waals surface area contributed by atoms with E-state index in [2.05, 4.69) is 5.92 Å². The van der Waals surface area contributed by atoms with Crippen molar-refractivity contribution in [2.75, 3.05) is 18.1 Å². The van der Waals surface area contributed by atoms with E-state index in [9.17, 15) is 8.42 Å². The summed E-state index contributed by atoms with van der Waals surface area (Å²) in [6.45, 7) is 0.185. The van der Waals surface area contributed by atoms with Crippen LogP contribution < -0.4 is 4.74 Å². The number of hydrogen-bond donors (Lipinski definition) is 0. The van der Waals surface area contributed by atoms with Crippen molar-refractivity contribution >= 4 is 21.6 Å². The molecule has 90 valence electrons. The molecular weight excluding hydrogens is 256 g/mol. The number of terminal acetylenes is 1. The number of benzene rings is 1. The molecule has 0 unspecified atom stereocenters. The molecule has 0 spiro atoms. The highest BCUT2D eigenvalue weighted by molar-refractivity contribution is 8.08.